The maximum atomic E-state index is 4.68. The predicted molar refractivity (Wildman–Crippen MR) is 84.0 cm³/mol. The molecule has 0 amide bonds. The SMILES string of the molecule is Cc1nc(N(C)C(C)C2CC2)ncc1CNC(C)(C)C. The Kier molecular flexibility index (Phi) is 4.33. The van der Waals surface area contributed by atoms with Gasteiger partial charge in [-0.25, -0.2) is 9.97 Å². The van der Waals surface area contributed by atoms with Gasteiger partial charge in [0.1, 0.15) is 0 Å². The van der Waals surface area contributed by atoms with E-state index in [1.807, 2.05) is 6.20 Å². The zero-order chi connectivity index (χ0) is 14.9. The summed E-state index contributed by atoms with van der Waals surface area (Å²) in [6.45, 7) is 11.7. The molecule has 0 aromatic carbocycles. The summed E-state index contributed by atoms with van der Waals surface area (Å²) in [6, 6.07) is 0.535. The molecule has 1 aliphatic carbocycles. The van der Waals surface area contributed by atoms with Gasteiger partial charge < -0.3 is 10.2 Å². The van der Waals surface area contributed by atoms with Crippen LogP contribution in [0.4, 0.5) is 5.95 Å². The fourth-order valence-corrected chi connectivity index (χ4v) is 2.26. The average molecular weight is 276 g/mol. The molecule has 112 valence electrons. The second-order valence-electron chi connectivity index (χ2n) is 7.07. The van der Waals surface area contributed by atoms with Crippen molar-refractivity contribution in [2.24, 2.45) is 5.92 Å². The smallest absolute Gasteiger partial charge is 0.225 e. The van der Waals surface area contributed by atoms with Crippen LogP contribution in [0.3, 0.4) is 0 Å². The number of aryl methyl sites for hydroxylation is 1. The Labute approximate surface area is 123 Å². The molecule has 1 atom stereocenters. The second-order valence-corrected chi connectivity index (χ2v) is 7.07. The van der Waals surface area contributed by atoms with Gasteiger partial charge in [0.25, 0.3) is 0 Å². The lowest BCUT2D eigenvalue weighted by Crippen LogP contribution is -2.35. The standard InChI is InChI=1S/C16H28N4/c1-11-14(10-18-16(3,4)5)9-17-15(19-11)20(6)12(2)13-7-8-13/h9,12-13,18H,7-8,10H2,1-6H3. The van der Waals surface area contributed by atoms with Gasteiger partial charge in [0.05, 0.1) is 0 Å². The lowest BCUT2D eigenvalue weighted by atomic mass is 10.1. The van der Waals surface area contributed by atoms with Crippen molar-refractivity contribution in [3.05, 3.63) is 17.5 Å². The maximum Gasteiger partial charge on any atom is 0.225 e. The number of nitrogens with zero attached hydrogens (tertiary/aromatic N) is 3. The quantitative estimate of drug-likeness (QED) is 0.898. The highest BCUT2D eigenvalue weighted by atomic mass is 15.3. The van der Waals surface area contributed by atoms with E-state index in [1.54, 1.807) is 0 Å². The summed E-state index contributed by atoms with van der Waals surface area (Å²) in [6.07, 6.45) is 4.66. The Bertz CT molecular complexity index is 460. The van der Waals surface area contributed by atoms with Gasteiger partial charge in [0.2, 0.25) is 5.95 Å². The van der Waals surface area contributed by atoms with Crippen LogP contribution in [-0.2, 0) is 6.54 Å². The average Bonchev–Trinajstić information content (AvgIpc) is 3.18. The number of rotatable bonds is 5. The van der Waals surface area contributed by atoms with Gasteiger partial charge in [-0.1, -0.05) is 0 Å². The van der Waals surface area contributed by atoms with Crippen molar-refractivity contribution < 1.29 is 0 Å². The first-order valence-corrected chi connectivity index (χ1v) is 7.58. The first kappa shape index (κ1) is 15.2. The monoisotopic (exact) mass is 276 g/mol. The third-order valence-corrected chi connectivity index (χ3v) is 4.11. The van der Waals surface area contributed by atoms with Crippen LogP contribution in [0, 0.1) is 12.8 Å². The highest BCUT2D eigenvalue weighted by Gasteiger charge is 2.31. The van der Waals surface area contributed by atoms with Crippen LogP contribution in [0.2, 0.25) is 0 Å². The van der Waals surface area contributed by atoms with E-state index >= 15 is 0 Å². The molecule has 2 rings (SSSR count). The van der Waals surface area contributed by atoms with Gasteiger partial charge in [-0.3, -0.25) is 0 Å². The van der Waals surface area contributed by atoms with E-state index in [-0.39, 0.29) is 5.54 Å². The highest BCUT2D eigenvalue weighted by molar-refractivity contribution is 5.33. The lowest BCUT2D eigenvalue weighted by Gasteiger charge is -2.26. The van der Waals surface area contributed by atoms with Crippen LogP contribution < -0.4 is 10.2 Å². The van der Waals surface area contributed by atoms with E-state index in [1.165, 1.54) is 18.4 Å². The molecule has 1 aliphatic rings. The lowest BCUT2D eigenvalue weighted by molar-refractivity contribution is 0.423. The van der Waals surface area contributed by atoms with Crippen molar-refractivity contribution in [2.45, 2.75) is 65.6 Å². The molecule has 4 heteroatoms. The summed E-state index contributed by atoms with van der Waals surface area (Å²) >= 11 is 0. The molecule has 0 bridgehead atoms. The normalized spacial score (nSPS) is 17.1. The molecule has 1 N–H and O–H groups in total. The number of hydrogen-bond acceptors (Lipinski definition) is 4. The molecular formula is C16H28N4. The number of aromatic nitrogens is 2. The summed E-state index contributed by atoms with van der Waals surface area (Å²) in [5.41, 5.74) is 2.36. The minimum atomic E-state index is 0.113. The van der Waals surface area contributed by atoms with Gasteiger partial charge in [-0.2, -0.15) is 0 Å². The zero-order valence-corrected chi connectivity index (χ0v) is 13.7. The molecule has 1 heterocycles. The van der Waals surface area contributed by atoms with Crippen molar-refractivity contribution in [3.8, 4) is 0 Å². The first-order chi connectivity index (χ1) is 9.28. The Morgan fingerprint density at radius 1 is 1.40 bits per heavy atom. The number of anilines is 1. The molecule has 1 aromatic heterocycles. The van der Waals surface area contributed by atoms with Gasteiger partial charge in [-0.15, -0.1) is 0 Å². The van der Waals surface area contributed by atoms with E-state index in [9.17, 15) is 0 Å². The minimum Gasteiger partial charge on any atom is -0.341 e. The van der Waals surface area contributed by atoms with Crippen molar-refractivity contribution >= 4 is 5.95 Å². The van der Waals surface area contributed by atoms with Gasteiger partial charge in [0, 0.05) is 42.6 Å². The fourth-order valence-electron chi connectivity index (χ4n) is 2.26. The third-order valence-electron chi connectivity index (χ3n) is 4.11. The van der Waals surface area contributed by atoms with Gasteiger partial charge in [-0.05, 0) is 53.4 Å². The summed E-state index contributed by atoms with van der Waals surface area (Å²) in [5.74, 6) is 1.67. The molecule has 4 nitrogen and oxygen atoms in total. The molecule has 1 unspecified atom stereocenters. The molecule has 1 aromatic rings. The molecule has 0 saturated heterocycles. The summed E-state index contributed by atoms with van der Waals surface area (Å²) in [5, 5.41) is 3.49. The Balaban J connectivity index is 2.04. The molecular weight excluding hydrogens is 248 g/mol. The summed E-state index contributed by atoms with van der Waals surface area (Å²) in [7, 11) is 2.10. The molecule has 20 heavy (non-hydrogen) atoms. The van der Waals surface area contributed by atoms with E-state index in [0.717, 1.165) is 24.1 Å². The predicted octanol–water partition coefficient (Wildman–Crippen LogP) is 2.91. The van der Waals surface area contributed by atoms with Gasteiger partial charge >= 0.3 is 0 Å². The van der Waals surface area contributed by atoms with Crippen molar-refractivity contribution in [3.63, 3.8) is 0 Å². The van der Waals surface area contributed by atoms with Crippen LogP contribution in [-0.4, -0.2) is 28.6 Å². The van der Waals surface area contributed by atoms with Crippen LogP contribution in [0.15, 0.2) is 6.20 Å². The molecule has 0 aliphatic heterocycles. The zero-order valence-electron chi connectivity index (χ0n) is 13.7. The first-order valence-electron chi connectivity index (χ1n) is 7.58. The van der Waals surface area contributed by atoms with Crippen molar-refractivity contribution in [1.82, 2.24) is 15.3 Å². The van der Waals surface area contributed by atoms with Gasteiger partial charge in [0.15, 0.2) is 0 Å². The molecule has 0 radical (unpaired) electrons. The Morgan fingerprint density at radius 3 is 2.55 bits per heavy atom. The third kappa shape index (κ3) is 3.92. The van der Waals surface area contributed by atoms with Crippen molar-refractivity contribution in [1.29, 1.82) is 0 Å². The molecule has 1 saturated carbocycles. The second kappa shape index (κ2) is 5.68. The summed E-state index contributed by atoms with van der Waals surface area (Å²) < 4.78 is 0. The van der Waals surface area contributed by atoms with Crippen LogP contribution in [0.25, 0.3) is 0 Å². The molecule has 0 spiro atoms. The summed E-state index contributed by atoms with van der Waals surface area (Å²) in [4.78, 5) is 11.4. The highest BCUT2D eigenvalue weighted by Crippen LogP contribution is 2.35. The van der Waals surface area contributed by atoms with Crippen LogP contribution in [0.1, 0.15) is 51.8 Å². The van der Waals surface area contributed by atoms with E-state index in [0.29, 0.717) is 6.04 Å². The topological polar surface area (TPSA) is 41.1 Å². The van der Waals surface area contributed by atoms with Crippen molar-refractivity contribution in [2.75, 3.05) is 11.9 Å². The maximum absolute atomic E-state index is 4.68. The van der Waals surface area contributed by atoms with Crippen LogP contribution in [0.5, 0.6) is 0 Å². The Hall–Kier alpha value is -1.16. The fraction of sp³-hybridized carbons (Fsp3) is 0.750. The van der Waals surface area contributed by atoms with E-state index in [2.05, 4.69) is 61.9 Å². The van der Waals surface area contributed by atoms with E-state index in [4.69, 9.17) is 0 Å². The minimum absolute atomic E-state index is 0.113. The molecule has 1 fully saturated rings. The number of hydrogen-bond donors (Lipinski definition) is 1. The largest absolute Gasteiger partial charge is 0.341 e. The van der Waals surface area contributed by atoms with Crippen LogP contribution >= 0.6 is 0 Å². The van der Waals surface area contributed by atoms with E-state index < -0.39 is 0 Å². The number of nitrogens with one attached hydrogen (secondary N) is 1. The Morgan fingerprint density at radius 2 is 2.05 bits per heavy atom.